The van der Waals surface area contributed by atoms with Crippen LogP contribution in [0.4, 0.5) is 5.69 Å². The highest BCUT2D eigenvalue weighted by molar-refractivity contribution is 6.30. The van der Waals surface area contributed by atoms with Gasteiger partial charge in [0.25, 0.3) is 0 Å². The number of alkyl halides is 1. The number of benzene rings is 1. The van der Waals surface area contributed by atoms with E-state index in [0.717, 1.165) is 17.7 Å². The molecule has 96 valence electrons. The van der Waals surface area contributed by atoms with Gasteiger partial charge in [-0.2, -0.15) is 0 Å². The molecule has 0 saturated heterocycles. The number of hydrogen-bond acceptors (Lipinski definition) is 2. The van der Waals surface area contributed by atoms with Gasteiger partial charge in [0.15, 0.2) is 5.78 Å². The highest BCUT2D eigenvalue weighted by atomic mass is 35.5. The minimum absolute atomic E-state index is 0.0193. The molecule has 0 aliphatic carbocycles. The molecule has 0 unspecified atom stereocenters. The van der Waals surface area contributed by atoms with E-state index in [2.05, 4.69) is 19.2 Å². The second-order valence-corrected chi connectivity index (χ2v) is 5.76. The molecule has 1 heterocycles. The zero-order valence-corrected chi connectivity index (χ0v) is 11.3. The molecule has 1 aromatic rings. The first-order valence-electron chi connectivity index (χ1n) is 5.93. The highest BCUT2D eigenvalue weighted by Gasteiger charge is 2.28. The van der Waals surface area contributed by atoms with Crippen LogP contribution in [0.2, 0.25) is 0 Å². The molecule has 0 aromatic heterocycles. The van der Waals surface area contributed by atoms with Crippen molar-refractivity contribution in [2.45, 2.75) is 26.7 Å². The molecule has 1 aliphatic heterocycles. The molecule has 0 atom stereocenters. The number of carbonyl (C=O) groups excluding carboxylic acids is 2. The van der Waals surface area contributed by atoms with Gasteiger partial charge in [-0.1, -0.05) is 13.8 Å². The van der Waals surface area contributed by atoms with Crippen molar-refractivity contribution >= 4 is 29.0 Å². The molecule has 2 rings (SSSR count). The summed E-state index contributed by atoms with van der Waals surface area (Å²) in [4.78, 5) is 23.3. The average Bonchev–Trinajstić information content (AvgIpc) is 2.39. The number of Topliss-reactive ketones (excluding diaryl/α,β-unsaturated/α-hetero) is 1. The quantitative estimate of drug-likeness (QED) is 0.660. The van der Waals surface area contributed by atoms with Gasteiger partial charge in [0.2, 0.25) is 5.91 Å². The summed E-state index contributed by atoms with van der Waals surface area (Å²) in [7, 11) is 0. The van der Waals surface area contributed by atoms with Crippen LogP contribution in [0.25, 0.3) is 0 Å². The van der Waals surface area contributed by atoms with Gasteiger partial charge in [-0.05, 0) is 35.6 Å². The third-order valence-electron chi connectivity index (χ3n) is 3.13. The van der Waals surface area contributed by atoms with E-state index in [1.54, 1.807) is 12.1 Å². The Bertz CT molecular complexity index is 509. The fraction of sp³-hybridized carbons (Fsp3) is 0.429. The Labute approximate surface area is 112 Å². The van der Waals surface area contributed by atoms with Gasteiger partial charge in [-0.25, -0.2) is 0 Å². The van der Waals surface area contributed by atoms with Crippen molar-refractivity contribution in [1.82, 2.24) is 0 Å². The monoisotopic (exact) mass is 265 g/mol. The minimum atomic E-state index is -0.0992. The van der Waals surface area contributed by atoms with Crippen LogP contribution in [0.1, 0.15) is 36.2 Å². The number of anilines is 1. The van der Waals surface area contributed by atoms with E-state index in [9.17, 15) is 9.59 Å². The number of ketones is 1. The Morgan fingerprint density at radius 3 is 2.78 bits per heavy atom. The number of rotatable bonds is 2. The second-order valence-electron chi connectivity index (χ2n) is 5.49. The number of nitrogens with one attached hydrogen (secondary N) is 1. The molecule has 1 N–H and O–H groups in total. The van der Waals surface area contributed by atoms with Crippen LogP contribution in [-0.2, 0) is 11.2 Å². The molecular weight excluding hydrogens is 250 g/mol. The summed E-state index contributed by atoms with van der Waals surface area (Å²) in [6.07, 6.45) is 1.25. The van der Waals surface area contributed by atoms with E-state index in [4.69, 9.17) is 11.6 Å². The summed E-state index contributed by atoms with van der Waals surface area (Å²) in [6, 6.07) is 5.34. The molecule has 0 radical (unpaired) electrons. The van der Waals surface area contributed by atoms with Crippen molar-refractivity contribution in [2.75, 3.05) is 11.2 Å². The largest absolute Gasteiger partial charge is 0.326 e. The molecule has 0 saturated carbocycles. The maximum atomic E-state index is 11.7. The van der Waals surface area contributed by atoms with Crippen molar-refractivity contribution in [3.8, 4) is 0 Å². The Kier molecular flexibility index (Phi) is 3.44. The van der Waals surface area contributed by atoms with Gasteiger partial charge < -0.3 is 5.32 Å². The van der Waals surface area contributed by atoms with Gasteiger partial charge >= 0.3 is 0 Å². The fourth-order valence-electron chi connectivity index (χ4n) is 2.32. The first-order chi connectivity index (χ1) is 8.41. The third-order valence-corrected chi connectivity index (χ3v) is 3.37. The van der Waals surface area contributed by atoms with Crippen LogP contribution in [0.15, 0.2) is 18.2 Å². The van der Waals surface area contributed by atoms with Gasteiger partial charge in [0.05, 0.1) is 5.88 Å². The van der Waals surface area contributed by atoms with Crippen LogP contribution in [0.5, 0.6) is 0 Å². The summed E-state index contributed by atoms with van der Waals surface area (Å²) < 4.78 is 0. The summed E-state index contributed by atoms with van der Waals surface area (Å²) in [6.45, 7) is 4.11. The van der Waals surface area contributed by atoms with Crippen molar-refractivity contribution in [2.24, 2.45) is 5.41 Å². The fourth-order valence-corrected chi connectivity index (χ4v) is 2.47. The number of amides is 1. The lowest BCUT2D eigenvalue weighted by Gasteiger charge is -2.20. The molecule has 0 spiro atoms. The maximum Gasteiger partial charge on any atom is 0.224 e. The van der Waals surface area contributed by atoms with Crippen molar-refractivity contribution in [3.63, 3.8) is 0 Å². The summed E-state index contributed by atoms with van der Waals surface area (Å²) in [5, 5.41) is 2.88. The van der Waals surface area contributed by atoms with E-state index in [1.165, 1.54) is 0 Å². The van der Waals surface area contributed by atoms with Crippen LogP contribution >= 0.6 is 11.6 Å². The Balaban J connectivity index is 2.43. The zero-order chi connectivity index (χ0) is 13.3. The first kappa shape index (κ1) is 13.1. The molecule has 4 heteroatoms. The lowest BCUT2D eigenvalue weighted by Crippen LogP contribution is -2.20. The second kappa shape index (κ2) is 4.73. The SMILES string of the molecule is CC1(C)CC(=O)Nc2ccc(C(=O)CCl)cc2C1. The molecule has 1 aliphatic rings. The predicted molar refractivity (Wildman–Crippen MR) is 72.2 cm³/mol. The zero-order valence-electron chi connectivity index (χ0n) is 10.5. The molecule has 0 bridgehead atoms. The lowest BCUT2D eigenvalue weighted by molar-refractivity contribution is -0.117. The van der Waals surface area contributed by atoms with E-state index < -0.39 is 0 Å². The Morgan fingerprint density at radius 1 is 1.39 bits per heavy atom. The average molecular weight is 266 g/mol. The standard InChI is InChI=1S/C14H16ClNO2/c1-14(2)6-10-5-9(12(17)8-15)3-4-11(10)16-13(18)7-14/h3-5H,6-8H2,1-2H3,(H,16,18). The topological polar surface area (TPSA) is 46.2 Å². The molecule has 0 fully saturated rings. The summed E-state index contributed by atoms with van der Waals surface area (Å²) in [5.74, 6) is -0.0860. The predicted octanol–water partition coefficient (Wildman–Crippen LogP) is 3.02. The van der Waals surface area contributed by atoms with Gasteiger partial charge in [-0.3, -0.25) is 9.59 Å². The number of carbonyl (C=O) groups is 2. The van der Waals surface area contributed by atoms with Crippen molar-refractivity contribution in [3.05, 3.63) is 29.3 Å². The molecular formula is C14H16ClNO2. The maximum absolute atomic E-state index is 11.7. The van der Waals surface area contributed by atoms with E-state index in [1.807, 2.05) is 6.07 Å². The first-order valence-corrected chi connectivity index (χ1v) is 6.47. The van der Waals surface area contributed by atoms with Gasteiger partial charge in [-0.15, -0.1) is 11.6 Å². The third kappa shape index (κ3) is 2.72. The van der Waals surface area contributed by atoms with E-state index in [0.29, 0.717) is 12.0 Å². The molecule has 18 heavy (non-hydrogen) atoms. The molecule has 1 aromatic carbocycles. The lowest BCUT2D eigenvalue weighted by atomic mass is 9.83. The van der Waals surface area contributed by atoms with Crippen LogP contribution in [0.3, 0.4) is 0 Å². The van der Waals surface area contributed by atoms with E-state index in [-0.39, 0.29) is 23.0 Å². The van der Waals surface area contributed by atoms with Gasteiger partial charge in [0, 0.05) is 17.7 Å². The van der Waals surface area contributed by atoms with Crippen LogP contribution < -0.4 is 5.32 Å². The van der Waals surface area contributed by atoms with Crippen molar-refractivity contribution in [1.29, 1.82) is 0 Å². The Hall–Kier alpha value is -1.35. The number of hydrogen-bond donors (Lipinski definition) is 1. The summed E-state index contributed by atoms with van der Waals surface area (Å²) >= 11 is 5.56. The Morgan fingerprint density at radius 2 is 2.11 bits per heavy atom. The minimum Gasteiger partial charge on any atom is -0.326 e. The molecule has 1 amide bonds. The van der Waals surface area contributed by atoms with Crippen LogP contribution in [0, 0.1) is 5.41 Å². The van der Waals surface area contributed by atoms with Crippen LogP contribution in [-0.4, -0.2) is 17.6 Å². The summed E-state index contributed by atoms with van der Waals surface area (Å²) in [5.41, 5.74) is 2.31. The number of fused-ring (bicyclic) bond motifs is 1. The smallest absolute Gasteiger partial charge is 0.224 e. The van der Waals surface area contributed by atoms with Gasteiger partial charge in [0.1, 0.15) is 0 Å². The van der Waals surface area contributed by atoms with E-state index >= 15 is 0 Å². The normalized spacial score (nSPS) is 17.6. The number of halogens is 1. The van der Waals surface area contributed by atoms with Crippen molar-refractivity contribution < 1.29 is 9.59 Å². The highest BCUT2D eigenvalue weighted by Crippen LogP contribution is 2.33. The molecule has 3 nitrogen and oxygen atoms in total.